The first-order chi connectivity index (χ1) is 7.47. The Bertz CT molecular complexity index is 434. The minimum atomic E-state index is -0.693. The highest BCUT2D eigenvalue weighted by Crippen LogP contribution is 2.51. The Morgan fingerprint density at radius 1 is 1.38 bits per heavy atom. The Morgan fingerprint density at radius 3 is 2.44 bits per heavy atom. The second kappa shape index (κ2) is 3.51. The molecule has 0 amide bonds. The maximum Gasteiger partial charge on any atom is 0.314 e. The van der Waals surface area contributed by atoms with Crippen LogP contribution in [-0.2, 0) is 10.2 Å². The van der Waals surface area contributed by atoms with Gasteiger partial charge in [0.25, 0.3) is 0 Å². The third-order valence-electron chi connectivity index (χ3n) is 3.31. The number of benzene rings is 1. The molecule has 0 aliphatic heterocycles. The second-order valence-corrected chi connectivity index (χ2v) is 4.80. The van der Waals surface area contributed by atoms with E-state index in [9.17, 15) is 9.90 Å². The molecule has 0 heterocycles. The van der Waals surface area contributed by atoms with Crippen molar-refractivity contribution in [2.45, 2.75) is 25.2 Å². The molecule has 1 aliphatic carbocycles. The molecule has 3 nitrogen and oxygen atoms in total. The van der Waals surface area contributed by atoms with Crippen molar-refractivity contribution in [1.29, 1.82) is 0 Å². The smallest absolute Gasteiger partial charge is 0.314 e. The van der Waals surface area contributed by atoms with Crippen molar-refractivity contribution in [3.8, 4) is 0 Å². The molecule has 0 bridgehead atoms. The molecule has 2 rings (SSSR count). The van der Waals surface area contributed by atoms with E-state index in [0.29, 0.717) is 0 Å². The molecule has 86 valence electrons. The lowest BCUT2D eigenvalue weighted by Crippen LogP contribution is -2.23. The van der Waals surface area contributed by atoms with Gasteiger partial charge in [-0.15, -0.1) is 0 Å². The van der Waals surface area contributed by atoms with Crippen LogP contribution in [0.4, 0.5) is 5.69 Å². The first-order valence-electron chi connectivity index (χ1n) is 5.49. The van der Waals surface area contributed by atoms with Crippen molar-refractivity contribution < 1.29 is 9.90 Å². The lowest BCUT2D eigenvalue weighted by Gasteiger charge is -2.22. The first kappa shape index (κ1) is 11.0. The number of aryl methyl sites for hydroxylation is 1. The highest BCUT2D eigenvalue weighted by molar-refractivity contribution is 5.87. The van der Waals surface area contributed by atoms with Gasteiger partial charge in [0.05, 0.1) is 5.41 Å². The fraction of sp³-hybridized carbons (Fsp3) is 0.462. The maximum atomic E-state index is 11.4. The number of carboxylic acid groups (broad SMARTS) is 1. The molecule has 1 aliphatic rings. The van der Waals surface area contributed by atoms with Gasteiger partial charge in [0.1, 0.15) is 0 Å². The summed E-state index contributed by atoms with van der Waals surface area (Å²) in [5, 5.41) is 9.34. The van der Waals surface area contributed by atoms with E-state index in [4.69, 9.17) is 0 Å². The Balaban J connectivity index is 2.54. The lowest BCUT2D eigenvalue weighted by atomic mass is 9.92. The zero-order valence-corrected chi connectivity index (χ0v) is 9.95. The predicted octanol–water partition coefficient (Wildman–Crippen LogP) is 2.18. The second-order valence-electron chi connectivity index (χ2n) is 4.80. The van der Waals surface area contributed by atoms with Gasteiger partial charge in [0.2, 0.25) is 0 Å². The van der Waals surface area contributed by atoms with Crippen molar-refractivity contribution in [2.75, 3.05) is 19.0 Å². The first-order valence-corrected chi connectivity index (χ1v) is 5.49. The van der Waals surface area contributed by atoms with Gasteiger partial charge in [-0.25, -0.2) is 0 Å². The SMILES string of the molecule is Cc1ccc(N(C)C)c(C2(C(=O)O)CC2)c1. The predicted molar refractivity (Wildman–Crippen MR) is 64.1 cm³/mol. The van der Waals surface area contributed by atoms with Gasteiger partial charge in [-0.05, 0) is 31.4 Å². The molecule has 1 aromatic rings. The van der Waals surface area contributed by atoms with Crippen LogP contribution in [0.5, 0.6) is 0 Å². The lowest BCUT2D eigenvalue weighted by molar-refractivity contribution is -0.140. The molecule has 0 spiro atoms. The quantitative estimate of drug-likeness (QED) is 0.847. The zero-order valence-electron chi connectivity index (χ0n) is 9.95. The monoisotopic (exact) mass is 219 g/mol. The minimum absolute atomic E-state index is 0.619. The fourth-order valence-electron chi connectivity index (χ4n) is 2.15. The summed E-state index contributed by atoms with van der Waals surface area (Å²) in [6, 6.07) is 6.04. The number of anilines is 1. The fourth-order valence-corrected chi connectivity index (χ4v) is 2.15. The van der Waals surface area contributed by atoms with Crippen molar-refractivity contribution in [1.82, 2.24) is 0 Å². The van der Waals surface area contributed by atoms with Crippen LogP contribution in [0.1, 0.15) is 24.0 Å². The Hall–Kier alpha value is -1.51. The van der Waals surface area contributed by atoms with Crippen LogP contribution in [-0.4, -0.2) is 25.2 Å². The molecular weight excluding hydrogens is 202 g/mol. The Morgan fingerprint density at radius 2 is 2.00 bits per heavy atom. The molecule has 1 N–H and O–H groups in total. The number of hydrogen-bond acceptors (Lipinski definition) is 2. The van der Waals surface area contributed by atoms with Crippen molar-refractivity contribution in [3.05, 3.63) is 29.3 Å². The summed E-state index contributed by atoms with van der Waals surface area (Å²) >= 11 is 0. The molecule has 0 aromatic heterocycles. The van der Waals surface area contributed by atoms with Crippen LogP contribution in [0.3, 0.4) is 0 Å². The van der Waals surface area contributed by atoms with E-state index in [2.05, 4.69) is 0 Å². The average Bonchev–Trinajstić information content (AvgIpc) is 2.97. The summed E-state index contributed by atoms with van der Waals surface area (Å²) in [7, 11) is 3.90. The van der Waals surface area contributed by atoms with E-state index in [1.165, 1.54) is 0 Å². The number of carboxylic acids is 1. The van der Waals surface area contributed by atoms with Gasteiger partial charge >= 0.3 is 5.97 Å². The van der Waals surface area contributed by atoms with Gasteiger partial charge in [0, 0.05) is 19.8 Å². The van der Waals surface area contributed by atoms with E-state index in [1.54, 1.807) is 0 Å². The molecule has 0 unspecified atom stereocenters. The summed E-state index contributed by atoms with van der Waals surface area (Å²) in [6.07, 6.45) is 1.51. The van der Waals surface area contributed by atoms with Gasteiger partial charge in [-0.3, -0.25) is 4.79 Å². The number of carbonyl (C=O) groups is 1. The summed E-state index contributed by atoms with van der Waals surface area (Å²) < 4.78 is 0. The molecule has 0 radical (unpaired) electrons. The molecule has 0 saturated heterocycles. The Labute approximate surface area is 95.7 Å². The summed E-state index contributed by atoms with van der Waals surface area (Å²) in [6.45, 7) is 2.00. The third-order valence-corrected chi connectivity index (χ3v) is 3.31. The van der Waals surface area contributed by atoms with Crippen LogP contribution in [0.15, 0.2) is 18.2 Å². The Kier molecular flexibility index (Phi) is 2.41. The summed E-state index contributed by atoms with van der Waals surface area (Å²) in [5.41, 5.74) is 2.48. The number of rotatable bonds is 3. The third kappa shape index (κ3) is 1.56. The van der Waals surface area contributed by atoms with E-state index in [0.717, 1.165) is 29.7 Å². The molecule has 1 aromatic carbocycles. The van der Waals surface area contributed by atoms with Crippen molar-refractivity contribution in [3.63, 3.8) is 0 Å². The zero-order chi connectivity index (χ0) is 11.9. The van der Waals surface area contributed by atoms with Crippen LogP contribution in [0.2, 0.25) is 0 Å². The standard InChI is InChI=1S/C13H17NO2/c1-9-4-5-11(14(2)3)10(8-9)13(6-7-13)12(15)16/h4-5,8H,6-7H2,1-3H3,(H,15,16). The topological polar surface area (TPSA) is 40.5 Å². The van der Waals surface area contributed by atoms with E-state index in [1.807, 2.05) is 44.1 Å². The average molecular weight is 219 g/mol. The highest BCUT2D eigenvalue weighted by atomic mass is 16.4. The van der Waals surface area contributed by atoms with Gasteiger partial charge < -0.3 is 10.0 Å². The van der Waals surface area contributed by atoms with Gasteiger partial charge in [-0.1, -0.05) is 17.7 Å². The summed E-state index contributed by atoms with van der Waals surface area (Å²) in [4.78, 5) is 13.3. The summed E-state index contributed by atoms with van der Waals surface area (Å²) in [5.74, 6) is -0.693. The largest absolute Gasteiger partial charge is 0.481 e. The van der Waals surface area contributed by atoms with E-state index in [-0.39, 0.29) is 0 Å². The minimum Gasteiger partial charge on any atom is -0.481 e. The molecular formula is C13H17NO2. The van der Waals surface area contributed by atoms with Crippen LogP contribution in [0.25, 0.3) is 0 Å². The van der Waals surface area contributed by atoms with Crippen molar-refractivity contribution >= 4 is 11.7 Å². The number of hydrogen-bond donors (Lipinski definition) is 1. The van der Waals surface area contributed by atoms with Gasteiger partial charge in [-0.2, -0.15) is 0 Å². The van der Waals surface area contributed by atoms with Crippen LogP contribution < -0.4 is 4.90 Å². The van der Waals surface area contributed by atoms with Crippen LogP contribution >= 0.6 is 0 Å². The number of nitrogens with zero attached hydrogens (tertiary/aromatic N) is 1. The number of aliphatic carboxylic acids is 1. The van der Waals surface area contributed by atoms with Gasteiger partial charge in [0.15, 0.2) is 0 Å². The van der Waals surface area contributed by atoms with Crippen LogP contribution in [0, 0.1) is 6.92 Å². The molecule has 16 heavy (non-hydrogen) atoms. The normalized spacial score (nSPS) is 16.9. The molecule has 0 atom stereocenters. The van der Waals surface area contributed by atoms with E-state index < -0.39 is 11.4 Å². The molecule has 1 fully saturated rings. The molecule has 3 heteroatoms. The highest BCUT2D eigenvalue weighted by Gasteiger charge is 2.53. The maximum absolute atomic E-state index is 11.4. The van der Waals surface area contributed by atoms with Crippen molar-refractivity contribution in [2.24, 2.45) is 0 Å². The van der Waals surface area contributed by atoms with E-state index >= 15 is 0 Å². The molecule has 1 saturated carbocycles.